The number of hydrogen-bond acceptors (Lipinski definition) is 2. The Balaban J connectivity index is 1.91. The van der Waals surface area contributed by atoms with Crippen LogP contribution in [0.2, 0.25) is 0 Å². The largest absolute Gasteiger partial charge is 0.415 e. The molecule has 0 aromatic heterocycles. The van der Waals surface area contributed by atoms with E-state index in [1.54, 1.807) is 24.1 Å². The highest BCUT2D eigenvalue weighted by molar-refractivity contribution is 5.70. The third-order valence-corrected chi connectivity index (χ3v) is 2.86. The van der Waals surface area contributed by atoms with Gasteiger partial charge in [0.05, 0.1) is 0 Å². The molecule has 0 spiro atoms. The van der Waals surface area contributed by atoms with Crippen LogP contribution in [0, 0.1) is 0 Å². The van der Waals surface area contributed by atoms with E-state index in [0.29, 0.717) is 11.8 Å². The van der Waals surface area contributed by atoms with Gasteiger partial charge >= 0.3 is 6.09 Å². The molecular formula is C12H15NO2. The molecule has 0 unspecified atom stereocenters. The first-order valence-electron chi connectivity index (χ1n) is 5.27. The molecule has 0 N–H and O–H groups in total. The van der Waals surface area contributed by atoms with Gasteiger partial charge in [0.2, 0.25) is 0 Å². The van der Waals surface area contributed by atoms with E-state index in [2.05, 4.69) is 0 Å². The zero-order valence-electron chi connectivity index (χ0n) is 8.85. The van der Waals surface area contributed by atoms with Gasteiger partial charge in [-0.05, 0) is 31.4 Å². The zero-order valence-corrected chi connectivity index (χ0v) is 8.85. The molecule has 1 aromatic carbocycles. The van der Waals surface area contributed by atoms with E-state index in [1.165, 1.54) is 6.42 Å². The first-order chi connectivity index (χ1) is 7.27. The van der Waals surface area contributed by atoms with Crippen LogP contribution in [0.5, 0.6) is 5.75 Å². The summed E-state index contributed by atoms with van der Waals surface area (Å²) in [6.45, 7) is 0. The van der Waals surface area contributed by atoms with E-state index in [9.17, 15) is 4.79 Å². The van der Waals surface area contributed by atoms with Crippen molar-refractivity contribution in [1.82, 2.24) is 4.90 Å². The fraction of sp³-hybridized carbons (Fsp3) is 0.417. The second kappa shape index (κ2) is 4.34. The minimum atomic E-state index is -0.258. The Labute approximate surface area is 89.7 Å². The third-order valence-electron chi connectivity index (χ3n) is 2.86. The topological polar surface area (TPSA) is 29.5 Å². The van der Waals surface area contributed by atoms with Gasteiger partial charge in [-0.15, -0.1) is 0 Å². The fourth-order valence-electron chi connectivity index (χ4n) is 1.58. The molecule has 3 heteroatoms. The molecule has 1 saturated carbocycles. The highest BCUT2D eigenvalue weighted by Crippen LogP contribution is 2.24. The molecule has 0 radical (unpaired) electrons. The quantitative estimate of drug-likeness (QED) is 0.742. The molecule has 0 heterocycles. The van der Waals surface area contributed by atoms with Crippen molar-refractivity contribution in [3.05, 3.63) is 30.3 Å². The highest BCUT2D eigenvalue weighted by atomic mass is 16.6. The number of amides is 1. The number of carbonyl (C=O) groups is 1. The summed E-state index contributed by atoms with van der Waals surface area (Å²) in [7, 11) is 1.80. The Morgan fingerprint density at radius 2 is 2.00 bits per heavy atom. The summed E-state index contributed by atoms with van der Waals surface area (Å²) in [4.78, 5) is 13.3. The SMILES string of the molecule is CN(C(=O)Oc1ccccc1)C1CCC1. The molecule has 0 bridgehead atoms. The average molecular weight is 205 g/mol. The number of para-hydroxylation sites is 1. The van der Waals surface area contributed by atoms with Crippen LogP contribution in [-0.4, -0.2) is 24.1 Å². The lowest BCUT2D eigenvalue weighted by atomic mass is 9.92. The number of benzene rings is 1. The fourth-order valence-corrected chi connectivity index (χ4v) is 1.58. The summed E-state index contributed by atoms with van der Waals surface area (Å²) in [6.07, 6.45) is 3.15. The molecular weight excluding hydrogens is 190 g/mol. The molecule has 15 heavy (non-hydrogen) atoms. The number of hydrogen-bond donors (Lipinski definition) is 0. The minimum absolute atomic E-state index is 0.258. The van der Waals surface area contributed by atoms with Crippen molar-refractivity contribution in [2.45, 2.75) is 25.3 Å². The summed E-state index contributed by atoms with van der Waals surface area (Å²) in [5.74, 6) is 0.605. The first kappa shape index (κ1) is 10.0. The molecule has 0 atom stereocenters. The third kappa shape index (κ3) is 2.29. The van der Waals surface area contributed by atoms with E-state index in [4.69, 9.17) is 4.74 Å². The molecule has 1 aliphatic carbocycles. The maximum absolute atomic E-state index is 11.7. The van der Waals surface area contributed by atoms with Crippen LogP contribution in [0.1, 0.15) is 19.3 Å². The summed E-state index contributed by atoms with van der Waals surface area (Å²) < 4.78 is 5.22. The van der Waals surface area contributed by atoms with E-state index >= 15 is 0 Å². The van der Waals surface area contributed by atoms with E-state index in [-0.39, 0.29) is 6.09 Å². The first-order valence-corrected chi connectivity index (χ1v) is 5.27. The van der Waals surface area contributed by atoms with E-state index in [0.717, 1.165) is 12.8 Å². The summed E-state index contributed by atoms with van der Waals surface area (Å²) in [5, 5.41) is 0. The summed E-state index contributed by atoms with van der Waals surface area (Å²) >= 11 is 0. The Morgan fingerprint density at radius 3 is 2.53 bits per heavy atom. The molecule has 1 amide bonds. The monoisotopic (exact) mass is 205 g/mol. The normalized spacial score (nSPS) is 15.5. The number of rotatable bonds is 2. The molecule has 3 nitrogen and oxygen atoms in total. The lowest BCUT2D eigenvalue weighted by Crippen LogP contribution is -2.42. The van der Waals surface area contributed by atoms with Gasteiger partial charge in [-0.2, -0.15) is 0 Å². The predicted molar refractivity (Wildman–Crippen MR) is 57.9 cm³/mol. The van der Waals surface area contributed by atoms with Gasteiger partial charge in [0, 0.05) is 13.1 Å². The van der Waals surface area contributed by atoms with E-state index < -0.39 is 0 Å². The minimum Gasteiger partial charge on any atom is -0.410 e. The number of carbonyl (C=O) groups excluding carboxylic acids is 1. The van der Waals surface area contributed by atoms with Crippen LogP contribution in [0.4, 0.5) is 4.79 Å². The van der Waals surface area contributed by atoms with Gasteiger partial charge in [0.1, 0.15) is 5.75 Å². The molecule has 0 aliphatic heterocycles. The lowest BCUT2D eigenvalue weighted by Gasteiger charge is -2.33. The Morgan fingerprint density at radius 1 is 1.33 bits per heavy atom. The Hall–Kier alpha value is -1.51. The number of ether oxygens (including phenoxy) is 1. The van der Waals surface area contributed by atoms with Crippen LogP contribution in [0.25, 0.3) is 0 Å². The van der Waals surface area contributed by atoms with Crippen molar-refractivity contribution in [1.29, 1.82) is 0 Å². The Kier molecular flexibility index (Phi) is 2.90. The van der Waals surface area contributed by atoms with Gasteiger partial charge in [-0.3, -0.25) is 0 Å². The van der Waals surface area contributed by atoms with Crippen molar-refractivity contribution < 1.29 is 9.53 Å². The average Bonchev–Trinajstić information content (AvgIpc) is 2.16. The standard InChI is InChI=1S/C12H15NO2/c1-13(10-6-5-7-10)12(14)15-11-8-3-2-4-9-11/h2-4,8-10H,5-7H2,1H3. The van der Waals surface area contributed by atoms with E-state index in [1.807, 2.05) is 18.2 Å². The second-order valence-electron chi connectivity index (χ2n) is 3.88. The van der Waals surface area contributed by atoms with Gasteiger partial charge in [-0.25, -0.2) is 4.79 Å². The second-order valence-corrected chi connectivity index (χ2v) is 3.88. The summed E-state index contributed by atoms with van der Waals surface area (Å²) in [6, 6.07) is 9.55. The van der Waals surface area contributed by atoms with Crippen LogP contribution in [0.3, 0.4) is 0 Å². The van der Waals surface area contributed by atoms with Gasteiger partial charge in [0.25, 0.3) is 0 Å². The van der Waals surface area contributed by atoms with Crippen molar-refractivity contribution in [3.8, 4) is 5.75 Å². The molecule has 80 valence electrons. The van der Waals surface area contributed by atoms with Crippen LogP contribution in [-0.2, 0) is 0 Å². The molecule has 1 fully saturated rings. The zero-order chi connectivity index (χ0) is 10.7. The van der Waals surface area contributed by atoms with Crippen molar-refractivity contribution >= 4 is 6.09 Å². The van der Waals surface area contributed by atoms with Gasteiger partial charge < -0.3 is 9.64 Å². The number of nitrogens with zero attached hydrogens (tertiary/aromatic N) is 1. The van der Waals surface area contributed by atoms with Crippen LogP contribution >= 0.6 is 0 Å². The van der Waals surface area contributed by atoms with Crippen molar-refractivity contribution in [3.63, 3.8) is 0 Å². The molecule has 0 saturated heterocycles. The molecule has 1 aromatic rings. The summed E-state index contributed by atoms with van der Waals surface area (Å²) in [5.41, 5.74) is 0. The van der Waals surface area contributed by atoms with Gasteiger partial charge in [-0.1, -0.05) is 18.2 Å². The molecule has 1 aliphatic rings. The van der Waals surface area contributed by atoms with Crippen LogP contribution in [0.15, 0.2) is 30.3 Å². The Bertz CT molecular complexity index is 333. The highest BCUT2D eigenvalue weighted by Gasteiger charge is 2.26. The molecule has 2 rings (SSSR count). The maximum Gasteiger partial charge on any atom is 0.415 e. The maximum atomic E-state index is 11.7. The van der Waals surface area contributed by atoms with Gasteiger partial charge in [0.15, 0.2) is 0 Å². The predicted octanol–water partition coefficient (Wildman–Crippen LogP) is 2.67. The smallest absolute Gasteiger partial charge is 0.410 e. The lowest BCUT2D eigenvalue weighted by molar-refractivity contribution is 0.120. The van der Waals surface area contributed by atoms with Crippen molar-refractivity contribution in [2.75, 3.05) is 7.05 Å². The van der Waals surface area contributed by atoms with Crippen LogP contribution < -0.4 is 4.74 Å². The van der Waals surface area contributed by atoms with Crippen molar-refractivity contribution in [2.24, 2.45) is 0 Å².